The summed E-state index contributed by atoms with van der Waals surface area (Å²) in [5.41, 5.74) is 0.735. The summed E-state index contributed by atoms with van der Waals surface area (Å²) in [5, 5.41) is 3.41. The number of unbranched alkanes of at least 4 members (excludes halogenated alkanes) is 3. The van der Waals surface area contributed by atoms with Crippen molar-refractivity contribution < 1.29 is 4.39 Å². The monoisotopic (exact) mass is 343 g/mol. The van der Waals surface area contributed by atoms with Crippen molar-refractivity contribution >= 4 is 15.9 Å². The molecule has 3 heteroatoms. The van der Waals surface area contributed by atoms with E-state index in [-0.39, 0.29) is 11.9 Å². The first-order valence-electron chi connectivity index (χ1n) is 7.69. The zero-order valence-corrected chi connectivity index (χ0v) is 14.5. The Morgan fingerprint density at radius 3 is 2.50 bits per heavy atom. The Balaban J connectivity index is 2.20. The SMILES string of the molecule is CC(C)CCCCCCNC(C)c1cc(Br)ccc1F. The van der Waals surface area contributed by atoms with Crippen LogP contribution in [0.5, 0.6) is 0 Å². The Kier molecular flexibility index (Phi) is 8.39. The minimum atomic E-state index is -0.134. The Hall–Kier alpha value is -0.410. The quantitative estimate of drug-likeness (QED) is 0.555. The molecule has 0 bridgehead atoms. The maximum Gasteiger partial charge on any atom is 0.128 e. The van der Waals surface area contributed by atoms with Gasteiger partial charge in [-0.15, -0.1) is 0 Å². The molecule has 0 aliphatic carbocycles. The van der Waals surface area contributed by atoms with Gasteiger partial charge in [0.05, 0.1) is 0 Å². The molecule has 0 heterocycles. The maximum absolute atomic E-state index is 13.7. The number of halogens is 2. The van der Waals surface area contributed by atoms with Crippen molar-refractivity contribution in [3.8, 4) is 0 Å². The molecule has 0 spiro atoms. The van der Waals surface area contributed by atoms with E-state index in [0.717, 1.165) is 28.9 Å². The summed E-state index contributed by atoms with van der Waals surface area (Å²) in [7, 11) is 0. The molecule has 1 atom stereocenters. The standard InChI is InChI=1S/C17H27BrFN/c1-13(2)8-6-4-5-7-11-20-14(3)16-12-15(18)9-10-17(16)19/h9-10,12-14,20H,4-8,11H2,1-3H3. The van der Waals surface area contributed by atoms with Crippen LogP contribution >= 0.6 is 15.9 Å². The lowest BCUT2D eigenvalue weighted by Crippen LogP contribution is -2.20. The highest BCUT2D eigenvalue weighted by molar-refractivity contribution is 9.10. The van der Waals surface area contributed by atoms with Crippen molar-refractivity contribution in [1.82, 2.24) is 5.32 Å². The van der Waals surface area contributed by atoms with Gasteiger partial charge >= 0.3 is 0 Å². The van der Waals surface area contributed by atoms with Gasteiger partial charge in [-0.3, -0.25) is 0 Å². The van der Waals surface area contributed by atoms with Crippen molar-refractivity contribution in [2.75, 3.05) is 6.54 Å². The van der Waals surface area contributed by atoms with E-state index in [9.17, 15) is 4.39 Å². The Morgan fingerprint density at radius 2 is 1.80 bits per heavy atom. The molecule has 1 unspecified atom stereocenters. The molecule has 0 aliphatic heterocycles. The van der Waals surface area contributed by atoms with Crippen LogP contribution in [-0.4, -0.2) is 6.54 Å². The average Bonchev–Trinajstić information content (AvgIpc) is 2.39. The molecule has 0 radical (unpaired) electrons. The van der Waals surface area contributed by atoms with Crippen LogP contribution in [0, 0.1) is 11.7 Å². The second kappa shape index (κ2) is 9.51. The minimum absolute atomic E-state index is 0.0585. The first kappa shape index (κ1) is 17.6. The molecule has 0 saturated carbocycles. The van der Waals surface area contributed by atoms with E-state index < -0.39 is 0 Å². The molecule has 1 aromatic rings. The van der Waals surface area contributed by atoms with Crippen LogP contribution in [0.15, 0.2) is 22.7 Å². The summed E-state index contributed by atoms with van der Waals surface area (Å²) in [6.45, 7) is 7.52. The molecule has 1 rings (SSSR count). The van der Waals surface area contributed by atoms with Gasteiger partial charge in [-0.25, -0.2) is 4.39 Å². The van der Waals surface area contributed by atoms with Gasteiger partial charge < -0.3 is 5.32 Å². The fraction of sp³-hybridized carbons (Fsp3) is 0.647. The number of benzene rings is 1. The van der Waals surface area contributed by atoms with E-state index in [4.69, 9.17) is 0 Å². The van der Waals surface area contributed by atoms with E-state index in [0.29, 0.717) is 0 Å². The zero-order chi connectivity index (χ0) is 15.0. The smallest absolute Gasteiger partial charge is 0.128 e. The Morgan fingerprint density at radius 1 is 1.10 bits per heavy atom. The molecule has 0 aromatic heterocycles. The third kappa shape index (κ3) is 6.85. The minimum Gasteiger partial charge on any atom is -0.310 e. The highest BCUT2D eigenvalue weighted by Crippen LogP contribution is 2.21. The number of nitrogens with one attached hydrogen (secondary N) is 1. The van der Waals surface area contributed by atoms with Crippen molar-refractivity contribution in [2.45, 2.75) is 58.9 Å². The molecule has 1 N–H and O–H groups in total. The van der Waals surface area contributed by atoms with E-state index in [1.54, 1.807) is 6.07 Å². The Labute approximate surface area is 131 Å². The van der Waals surface area contributed by atoms with Crippen LogP contribution in [-0.2, 0) is 0 Å². The summed E-state index contributed by atoms with van der Waals surface area (Å²) in [5.74, 6) is 0.679. The number of hydrogen-bond acceptors (Lipinski definition) is 1. The summed E-state index contributed by atoms with van der Waals surface area (Å²) >= 11 is 3.39. The summed E-state index contributed by atoms with van der Waals surface area (Å²) in [6.07, 6.45) is 6.38. The second-order valence-corrected chi connectivity index (χ2v) is 6.85. The van der Waals surface area contributed by atoms with Crippen LogP contribution in [0.25, 0.3) is 0 Å². The highest BCUT2D eigenvalue weighted by atomic mass is 79.9. The van der Waals surface area contributed by atoms with Crippen molar-refractivity contribution in [3.05, 3.63) is 34.1 Å². The van der Waals surface area contributed by atoms with Crippen molar-refractivity contribution in [3.63, 3.8) is 0 Å². The van der Waals surface area contributed by atoms with Gasteiger partial charge in [0.2, 0.25) is 0 Å². The number of rotatable bonds is 9. The molecule has 20 heavy (non-hydrogen) atoms. The predicted octanol–water partition coefficient (Wildman–Crippen LogP) is 5.85. The summed E-state index contributed by atoms with van der Waals surface area (Å²) < 4.78 is 14.6. The van der Waals surface area contributed by atoms with Gasteiger partial charge in [-0.05, 0) is 44.0 Å². The summed E-state index contributed by atoms with van der Waals surface area (Å²) in [6, 6.07) is 5.17. The zero-order valence-electron chi connectivity index (χ0n) is 12.9. The molecular formula is C17H27BrFN. The fourth-order valence-corrected chi connectivity index (χ4v) is 2.68. The van der Waals surface area contributed by atoms with Gasteiger partial charge in [0, 0.05) is 16.1 Å². The molecule has 0 saturated heterocycles. The lowest BCUT2D eigenvalue weighted by Gasteiger charge is -2.15. The van der Waals surface area contributed by atoms with Gasteiger partial charge in [-0.1, -0.05) is 55.5 Å². The average molecular weight is 344 g/mol. The van der Waals surface area contributed by atoms with E-state index in [1.165, 1.54) is 31.7 Å². The van der Waals surface area contributed by atoms with Crippen LogP contribution in [0.2, 0.25) is 0 Å². The largest absolute Gasteiger partial charge is 0.310 e. The van der Waals surface area contributed by atoms with E-state index in [1.807, 2.05) is 13.0 Å². The fourth-order valence-electron chi connectivity index (χ4n) is 2.31. The lowest BCUT2D eigenvalue weighted by molar-refractivity contribution is 0.489. The van der Waals surface area contributed by atoms with Gasteiger partial charge in [0.1, 0.15) is 5.82 Å². The van der Waals surface area contributed by atoms with Crippen LogP contribution in [0.3, 0.4) is 0 Å². The van der Waals surface area contributed by atoms with Gasteiger partial charge in [0.25, 0.3) is 0 Å². The van der Waals surface area contributed by atoms with Gasteiger partial charge in [0.15, 0.2) is 0 Å². The van der Waals surface area contributed by atoms with Crippen molar-refractivity contribution in [2.24, 2.45) is 5.92 Å². The molecule has 1 aromatic carbocycles. The topological polar surface area (TPSA) is 12.0 Å². The van der Waals surface area contributed by atoms with Crippen LogP contribution in [0.1, 0.15) is 64.5 Å². The molecular weight excluding hydrogens is 317 g/mol. The third-order valence-electron chi connectivity index (χ3n) is 3.58. The normalized spacial score (nSPS) is 12.9. The third-order valence-corrected chi connectivity index (χ3v) is 4.08. The molecule has 1 nitrogen and oxygen atoms in total. The highest BCUT2D eigenvalue weighted by Gasteiger charge is 2.10. The molecule has 0 aliphatic rings. The van der Waals surface area contributed by atoms with E-state index in [2.05, 4.69) is 35.1 Å². The maximum atomic E-state index is 13.7. The van der Waals surface area contributed by atoms with E-state index >= 15 is 0 Å². The first-order chi connectivity index (χ1) is 9.50. The number of hydrogen-bond donors (Lipinski definition) is 1. The van der Waals surface area contributed by atoms with Crippen LogP contribution < -0.4 is 5.32 Å². The lowest BCUT2D eigenvalue weighted by atomic mass is 10.0. The van der Waals surface area contributed by atoms with Crippen molar-refractivity contribution in [1.29, 1.82) is 0 Å². The Bertz CT molecular complexity index is 393. The second-order valence-electron chi connectivity index (χ2n) is 5.94. The summed E-state index contributed by atoms with van der Waals surface area (Å²) in [4.78, 5) is 0. The molecule has 0 fully saturated rings. The predicted molar refractivity (Wildman–Crippen MR) is 88.4 cm³/mol. The van der Waals surface area contributed by atoms with Gasteiger partial charge in [-0.2, -0.15) is 0 Å². The first-order valence-corrected chi connectivity index (χ1v) is 8.48. The molecule has 114 valence electrons. The molecule has 0 amide bonds. The van der Waals surface area contributed by atoms with Crippen LogP contribution in [0.4, 0.5) is 4.39 Å².